The Morgan fingerprint density at radius 3 is 2.26 bits per heavy atom. The Bertz CT molecular complexity index is 895. The number of halogens is 4. The molecule has 2 rings (SSSR count). The van der Waals surface area contributed by atoms with Gasteiger partial charge in [0.15, 0.2) is 5.60 Å². The van der Waals surface area contributed by atoms with Gasteiger partial charge in [0.1, 0.15) is 36.2 Å². The molecular formula is C22H22F4O5. The monoisotopic (exact) mass is 442 g/mol. The molecule has 0 fully saturated rings. The Hall–Kier alpha value is -3.23. The molecule has 1 N–H and O–H groups in total. The third kappa shape index (κ3) is 5.68. The van der Waals surface area contributed by atoms with Crippen LogP contribution in [0, 0.1) is 5.92 Å². The third-order valence-electron chi connectivity index (χ3n) is 4.57. The van der Waals surface area contributed by atoms with Crippen molar-refractivity contribution in [3.63, 3.8) is 0 Å². The number of alkyl halides is 4. The summed E-state index contributed by atoms with van der Waals surface area (Å²) >= 11 is 0. The van der Waals surface area contributed by atoms with Gasteiger partial charge >= 0.3 is 5.97 Å². The summed E-state index contributed by atoms with van der Waals surface area (Å²) in [4.78, 5) is 11.5. The number of carboxylic acids is 1. The Morgan fingerprint density at radius 2 is 1.68 bits per heavy atom. The van der Waals surface area contributed by atoms with Gasteiger partial charge in [-0.25, -0.2) is 13.6 Å². The van der Waals surface area contributed by atoms with Crippen LogP contribution in [0.1, 0.15) is 5.56 Å². The van der Waals surface area contributed by atoms with Crippen LogP contribution < -0.4 is 9.47 Å². The molecule has 0 radical (unpaired) electrons. The maximum atomic E-state index is 13.6. The number of carbonyl (C=O) groups is 1. The topological polar surface area (TPSA) is 65.0 Å². The van der Waals surface area contributed by atoms with Crippen molar-refractivity contribution in [3.8, 4) is 17.2 Å². The minimum absolute atomic E-state index is 0.0666. The molecule has 0 saturated carbocycles. The second-order valence-electron chi connectivity index (χ2n) is 6.59. The molecule has 0 aliphatic heterocycles. The fourth-order valence-electron chi connectivity index (χ4n) is 2.80. The normalized spacial score (nSPS) is 12.0. The average molecular weight is 442 g/mol. The molecule has 168 valence electrons. The molecule has 0 aromatic heterocycles. The van der Waals surface area contributed by atoms with Crippen molar-refractivity contribution in [3.05, 3.63) is 60.4 Å². The van der Waals surface area contributed by atoms with Gasteiger partial charge in [-0.05, 0) is 18.2 Å². The second-order valence-corrected chi connectivity index (χ2v) is 6.59. The van der Waals surface area contributed by atoms with Crippen molar-refractivity contribution in [1.82, 2.24) is 0 Å². The van der Waals surface area contributed by atoms with E-state index in [4.69, 9.17) is 14.2 Å². The summed E-state index contributed by atoms with van der Waals surface area (Å²) in [5.74, 6) is -2.61. The van der Waals surface area contributed by atoms with E-state index >= 15 is 0 Å². The van der Waals surface area contributed by atoms with Crippen LogP contribution in [0.4, 0.5) is 17.6 Å². The largest absolute Gasteiger partial charge is 0.503 e. The fourth-order valence-corrected chi connectivity index (χ4v) is 2.80. The molecule has 0 bridgehead atoms. The number of carboxylic acid groups (broad SMARTS) is 1. The maximum absolute atomic E-state index is 13.6. The van der Waals surface area contributed by atoms with E-state index in [1.165, 1.54) is 43.5 Å². The van der Waals surface area contributed by atoms with E-state index in [0.717, 1.165) is 6.26 Å². The van der Waals surface area contributed by atoms with Gasteiger partial charge in [-0.3, -0.25) is 8.78 Å². The Kier molecular flexibility index (Phi) is 8.72. The lowest BCUT2D eigenvalue weighted by molar-refractivity contribution is -0.130. The van der Waals surface area contributed by atoms with Gasteiger partial charge in [-0.15, -0.1) is 0 Å². The highest BCUT2D eigenvalue weighted by Gasteiger charge is 2.42. The zero-order valence-corrected chi connectivity index (χ0v) is 16.7. The first kappa shape index (κ1) is 24.0. The van der Waals surface area contributed by atoms with E-state index in [0.29, 0.717) is 0 Å². The van der Waals surface area contributed by atoms with Crippen molar-refractivity contribution in [2.45, 2.75) is 5.60 Å². The highest BCUT2D eigenvalue weighted by Crippen LogP contribution is 2.34. The number of methoxy groups -OCH3 is 1. The van der Waals surface area contributed by atoms with E-state index in [-0.39, 0.29) is 28.4 Å². The first-order valence-electron chi connectivity index (χ1n) is 9.21. The lowest BCUT2D eigenvalue weighted by Crippen LogP contribution is -2.50. The van der Waals surface area contributed by atoms with Crippen molar-refractivity contribution in [1.29, 1.82) is 0 Å². The minimum atomic E-state index is -2.31. The zero-order valence-electron chi connectivity index (χ0n) is 16.7. The Morgan fingerprint density at radius 1 is 1.03 bits per heavy atom. The minimum Gasteiger partial charge on any atom is -0.503 e. The van der Waals surface area contributed by atoms with Gasteiger partial charge in [-0.2, -0.15) is 0 Å². The maximum Gasteiger partial charge on any atom is 0.339 e. The molecule has 31 heavy (non-hydrogen) atoms. The number of hydrogen-bond acceptors (Lipinski definition) is 4. The zero-order chi connectivity index (χ0) is 22.9. The molecule has 0 atom stereocenters. The average Bonchev–Trinajstić information content (AvgIpc) is 2.78. The van der Waals surface area contributed by atoms with E-state index < -0.39 is 44.2 Å². The Balaban J connectivity index is 2.36. The van der Waals surface area contributed by atoms with Gasteiger partial charge in [0.2, 0.25) is 0 Å². The van der Waals surface area contributed by atoms with Crippen LogP contribution in [0.5, 0.6) is 17.2 Å². The summed E-state index contributed by atoms with van der Waals surface area (Å²) in [6.45, 7) is -5.45. The van der Waals surface area contributed by atoms with Gasteiger partial charge < -0.3 is 19.3 Å². The first-order valence-corrected chi connectivity index (χ1v) is 9.21. The van der Waals surface area contributed by atoms with Crippen LogP contribution in [-0.2, 0) is 9.53 Å². The molecule has 0 amide bonds. The van der Waals surface area contributed by atoms with Crippen LogP contribution in [0.15, 0.2) is 54.8 Å². The van der Waals surface area contributed by atoms with Gasteiger partial charge in [-0.1, -0.05) is 24.3 Å². The molecule has 2 aromatic carbocycles. The third-order valence-corrected chi connectivity index (χ3v) is 4.57. The summed E-state index contributed by atoms with van der Waals surface area (Å²) in [7, 11) is 1.30. The highest BCUT2D eigenvalue weighted by molar-refractivity contribution is 6.15. The highest BCUT2D eigenvalue weighted by atomic mass is 19.1. The Labute approximate surface area is 176 Å². The molecular weight excluding hydrogens is 420 g/mol. The van der Waals surface area contributed by atoms with E-state index in [1.807, 2.05) is 0 Å². The second kappa shape index (κ2) is 11.2. The number of para-hydroxylation sites is 1. The molecule has 0 spiro atoms. The molecule has 0 saturated heterocycles. The predicted molar refractivity (Wildman–Crippen MR) is 106 cm³/mol. The standard InChI is InChI=1S/C22H22F4O5/c1-29-12-19(21(27)28)18-7-2-3-8-20(18)30-16-5-4-6-17(9-16)31-22(13-25,14-26)15(10-23)11-24/h2-9,12,15H,10-11,13-14H2,1H3,(H,27,28)/b19-12+. The van der Waals surface area contributed by atoms with Crippen molar-refractivity contribution >= 4 is 11.5 Å². The smallest absolute Gasteiger partial charge is 0.339 e. The number of ether oxygens (including phenoxy) is 3. The summed E-state index contributed by atoms with van der Waals surface area (Å²) in [6, 6.07) is 11.9. The van der Waals surface area contributed by atoms with Crippen molar-refractivity contribution in [2.75, 3.05) is 33.8 Å². The quantitative estimate of drug-likeness (QED) is 0.279. The molecule has 9 heteroatoms. The predicted octanol–water partition coefficient (Wildman–Crippen LogP) is 5.16. The SMILES string of the molecule is CO/C=C(/C(=O)O)c1ccccc1Oc1cccc(OC(CF)(CF)C(CF)CF)c1. The van der Waals surface area contributed by atoms with E-state index in [1.54, 1.807) is 12.1 Å². The fraction of sp³-hybridized carbons (Fsp3) is 0.318. The summed E-state index contributed by atoms with van der Waals surface area (Å²) in [6.07, 6.45) is 1.05. The first-order chi connectivity index (χ1) is 14.9. The van der Waals surface area contributed by atoms with Gasteiger partial charge in [0.25, 0.3) is 0 Å². The molecule has 0 heterocycles. The van der Waals surface area contributed by atoms with E-state index in [9.17, 15) is 27.5 Å². The number of hydrogen-bond donors (Lipinski definition) is 1. The van der Waals surface area contributed by atoms with Crippen LogP contribution >= 0.6 is 0 Å². The van der Waals surface area contributed by atoms with Crippen molar-refractivity contribution < 1.29 is 41.7 Å². The van der Waals surface area contributed by atoms with Crippen LogP contribution in [0.2, 0.25) is 0 Å². The molecule has 0 unspecified atom stereocenters. The van der Waals surface area contributed by atoms with Crippen molar-refractivity contribution in [2.24, 2.45) is 5.92 Å². The summed E-state index contributed by atoms with van der Waals surface area (Å²) < 4.78 is 69.2. The van der Waals surface area contributed by atoms with Crippen LogP contribution in [-0.4, -0.2) is 50.5 Å². The lowest BCUT2D eigenvalue weighted by atomic mass is 9.91. The molecule has 0 aliphatic rings. The number of rotatable bonds is 12. The van der Waals surface area contributed by atoms with Crippen LogP contribution in [0.25, 0.3) is 5.57 Å². The van der Waals surface area contributed by atoms with Gasteiger partial charge in [0, 0.05) is 11.6 Å². The molecule has 2 aromatic rings. The number of benzene rings is 2. The van der Waals surface area contributed by atoms with Crippen LogP contribution in [0.3, 0.4) is 0 Å². The van der Waals surface area contributed by atoms with E-state index in [2.05, 4.69) is 0 Å². The van der Waals surface area contributed by atoms with Gasteiger partial charge in [0.05, 0.1) is 32.6 Å². The summed E-state index contributed by atoms with van der Waals surface area (Å²) in [5.41, 5.74) is -2.24. The summed E-state index contributed by atoms with van der Waals surface area (Å²) in [5, 5.41) is 9.42. The molecule has 0 aliphatic carbocycles. The molecule has 5 nitrogen and oxygen atoms in total. The number of aliphatic carboxylic acids is 1. The lowest BCUT2D eigenvalue weighted by Gasteiger charge is -2.34.